The summed E-state index contributed by atoms with van der Waals surface area (Å²) in [4.78, 5) is 0. The smallest absolute Gasteiger partial charge is 0.316 e. The van der Waals surface area contributed by atoms with Crippen molar-refractivity contribution in [3.8, 4) is 0 Å². The molecular formula is C6H8F3N. The Morgan fingerprint density at radius 1 is 1.10 bits per heavy atom. The lowest BCUT2D eigenvalue weighted by atomic mass is 10.3. The standard InChI is InChI=1S/C6H8F3N/c7-6(8,9)5-3-1-10-2-4(3)5/h3-5,10H,1-2H2/t3-,4+,5?. The molecule has 1 aliphatic heterocycles. The number of hydrogen-bond acceptors (Lipinski definition) is 1. The molecule has 0 aromatic heterocycles. The summed E-state index contributed by atoms with van der Waals surface area (Å²) in [5.74, 6) is -1.17. The van der Waals surface area contributed by atoms with Crippen LogP contribution in [0.25, 0.3) is 0 Å². The van der Waals surface area contributed by atoms with Crippen molar-refractivity contribution in [2.24, 2.45) is 17.8 Å². The average Bonchev–Trinajstić information content (AvgIpc) is 2.30. The van der Waals surface area contributed by atoms with E-state index in [4.69, 9.17) is 0 Å². The highest BCUT2D eigenvalue weighted by Gasteiger charge is 2.65. The SMILES string of the molecule is FC(F)(F)C1[C@H]2CNC[C@@H]12. The molecule has 1 unspecified atom stereocenters. The van der Waals surface area contributed by atoms with Gasteiger partial charge in [0.25, 0.3) is 0 Å². The molecule has 4 heteroatoms. The number of rotatable bonds is 0. The van der Waals surface area contributed by atoms with Crippen LogP contribution in [0.3, 0.4) is 0 Å². The molecule has 2 fully saturated rings. The zero-order valence-corrected chi connectivity index (χ0v) is 5.28. The van der Waals surface area contributed by atoms with Crippen molar-refractivity contribution in [2.75, 3.05) is 13.1 Å². The van der Waals surface area contributed by atoms with Crippen LogP contribution in [-0.4, -0.2) is 19.3 Å². The normalized spacial score (nSPS) is 45.3. The molecule has 0 aromatic rings. The molecule has 0 aromatic carbocycles. The van der Waals surface area contributed by atoms with Gasteiger partial charge < -0.3 is 5.32 Å². The van der Waals surface area contributed by atoms with Gasteiger partial charge in [-0.25, -0.2) is 0 Å². The average molecular weight is 151 g/mol. The van der Waals surface area contributed by atoms with Crippen molar-refractivity contribution in [3.63, 3.8) is 0 Å². The summed E-state index contributed by atoms with van der Waals surface area (Å²) in [6, 6.07) is 0. The lowest BCUT2D eigenvalue weighted by molar-refractivity contribution is -0.154. The van der Waals surface area contributed by atoms with E-state index in [-0.39, 0.29) is 11.8 Å². The van der Waals surface area contributed by atoms with Gasteiger partial charge in [0, 0.05) is 0 Å². The highest BCUT2D eigenvalue weighted by atomic mass is 19.4. The van der Waals surface area contributed by atoms with E-state index in [0.717, 1.165) is 0 Å². The fourth-order valence-electron chi connectivity index (χ4n) is 1.90. The highest BCUT2D eigenvalue weighted by Crippen LogP contribution is 2.56. The molecule has 1 saturated heterocycles. The van der Waals surface area contributed by atoms with Crippen LogP contribution in [0.4, 0.5) is 13.2 Å². The molecule has 1 nitrogen and oxygen atoms in total. The van der Waals surface area contributed by atoms with Crippen LogP contribution in [0.5, 0.6) is 0 Å². The molecule has 58 valence electrons. The summed E-state index contributed by atoms with van der Waals surface area (Å²) in [5.41, 5.74) is 0. The van der Waals surface area contributed by atoms with Crippen molar-refractivity contribution < 1.29 is 13.2 Å². The summed E-state index contributed by atoms with van der Waals surface area (Å²) in [6.07, 6.45) is -3.93. The van der Waals surface area contributed by atoms with Crippen LogP contribution < -0.4 is 5.32 Å². The summed E-state index contributed by atoms with van der Waals surface area (Å²) in [6.45, 7) is 1.13. The van der Waals surface area contributed by atoms with Crippen LogP contribution >= 0.6 is 0 Å². The van der Waals surface area contributed by atoms with E-state index in [9.17, 15) is 13.2 Å². The molecule has 1 N–H and O–H groups in total. The molecule has 0 spiro atoms. The maximum Gasteiger partial charge on any atom is 0.392 e. The minimum atomic E-state index is -3.93. The predicted molar refractivity (Wildman–Crippen MR) is 29.4 cm³/mol. The van der Waals surface area contributed by atoms with Gasteiger partial charge in [-0.05, 0) is 24.9 Å². The largest absolute Gasteiger partial charge is 0.392 e. The molecule has 10 heavy (non-hydrogen) atoms. The number of nitrogens with one attached hydrogen (secondary N) is 1. The molecule has 1 saturated carbocycles. The Balaban J connectivity index is 2.01. The van der Waals surface area contributed by atoms with Gasteiger partial charge in [-0.1, -0.05) is 0 Å². The van der Waals surface area contributed by atoms with Gasteiger partial charge in [0.2, 0.25) is 0 Å². The molecule has 2 rings (SSSR count). The molecular weight excluding hydrogens is 143 g/mol. The van der Waals surface area contributed by atoms with Crippen LogP contribution in [0.15, 0.2) is 0 Å². The Hall–Kier alpha value is -0.250. The van der Waals surface area contributed by atoms with Gasteiger partial charge in [-0.2, -0.15) is 13.2 Å². The summed E-state index contributed by atoms with van der Waals surface area (Å²) >= 11 is 0. The first-order valence-corrected chi connectivity index (χ1v) is 3.38. The highest BCUT2D eigenvalue weighted by molar-refractivity contribution is 5.06. The monoisotopic (exact) mass is 151 g/mol. The Kier molecular flexibility index (Phi) is 1.08. The van der Waals surface area contributed by atoms with Gasteiger partial charge in [0.1, 0.15) is 0 Å². The number of hydrogen-bond donors (Lipinski definition) is 1. The molecule has 0 bridgehead atoms. The molecule has 1 aliphatic carbocycles. The predicted octanol–water partition coefficient (Wildman–Crippen LogP) is 1.01. The minimum absolute atomic E-state index is 0.0972. The minimum Gasteiger partial charge on any atom is -0.316 e. The van der Waals surface area contributed by atoms with E-state index in [2.05, 4.69) is 5.32 Å². The quantitative estimate of drug-likeness (QED) is 0.545. The number of fused-ring (bicyclic) bond motifs is 1. The zero-order valence-electron chi connectivity index (χ0n) is 5.28. The van der Waals surface area contributed by atoms with Crippen molar-refractivity contribution >= 4 is 0 Å². The molecule has 2 aliphatic rings. The topological polar surface area (TPSA) is 12.0 Å². The van der Waals surface area contributed by atoms with Crippen LogP contribution in [0.2, 0.25) is 0 Å². The molecule has 0 amide bonds. The second-order valence-corrected chi connectivity index (χ2v) is 3.05. The first-order valence-electron chi connectivity index (χ1n) is 3.38. The summed E-state index contributed by atoms with van der Waals surface area (Å²) in [5, 5.41) is 2.92. The third-order valence-corrected chi connectivity index (χ3v) is 2.47. The van der Waals surface area contributed by atoms with Crippen LogP contribution in [0, 0.1) is 17.8 Å². The fourth-order valence-corrected chi connectivity index (χ4v) is 1.90. The van der Waals surface area contributed by atoms with Gasteiger partial charge in [-0.3, -0.25) is 0 Å². The maximum absolute atomic E-state index is 11.9. The molecule has 0 radical (unpaired) electrons. The van der Waals surface area contributed by atoms with Gasteiger partial charge in [0.05, 0.1) is 5.92 Å². The van der Waals surface area contributed by atoms with E-state index in [1.807, 2.05) is 0 Å². The van der Waals surface area contributed by atoms with Gasteiger partial charge in [0.15, 0.2) is 0 Å². The van der Waals surface area contributed by atoms with E-state index in [0.29, 0.717) is 13.1 Å². The van der Waals surface area contributed by atoms with E-state index < -0.39 is 12.1 Å². The Bertz CT molecular complexity index is 144. The Morgan fingerprint density at radius 3 is 1.90 bits per heavy atom. The van der Waals surface area contributed by atoms with Gasteiger partial charge in [-0.15, -0.1) is 0 Å². The number of alkyl halides is 3. The van der Waals surface area contributed by atoms with E-state index in [1.165, 1.54) is 0 Å². The number of halogens is 3. The van der Waals surface area contributed by atoms with Crippen molar-refractivity contribution in [1.82, 2.24) is 5.32 Å². The van der Waals surface area contributed by atoms with E-state index in [1.54, 1.807) is 0 Å². The van der Waals surface area contributed by atoms with Gasteiger partial charge >= 0.3 is 6.18 Å². The fraction of sp³-hybridized carbons (Fsp3) is 1.00. The number of piperidine rings is 1. The van der Waals surface area contributed by atoms with E-state index >= 15 is 0 Å². The second-order valence-electron chi connectivity index (χ2n) is 3.05. The lowest BCUT2D eigenvalue weighted by Crippen LogP contribution is -2.23. The molecule has 3 atom stereocenters. The van der Waals surface area contributed by atoms with Crippen molar-refractivity contribution in [3.05, 3.63) is 0 Å². The van der Waals surface area contributed by atoms with Crippen LogP contribution in [0.1, 0.15) is 0 Å². The van der Waals surface area contributed by atoms with Crippen LogP contribution in [-0.2, 0) is 0 Å². The lowest BCUT2D eigenvalue weighted by Gasteiger charge is -2.07. The first kappa shape index (κ1) is 6.46. The first-order chi connectivity index (χ1) is 4.61. The summed E-state index contributed by atoms with van der Waals surface area (Å²) < 4.78 is 35.8. The zero-order chi connectivity index (χ0) is 7.35. The third kappa shape index (κ3) is 0.746. The van der Waals surface area contributed by atoms with Crippen molar-refractivity contribution in [2.45, 2.75) is 6.18 Å². The third-order valence-electron chi connectivity index (χ3n) is 2.47. The van der Waals surface area contributed by atoms with Crippen molar-refractivity contribution in [1.29, 1.82) is 0 Å². The Morgan fingerprint density at radius 2 is 1.60 bits per heavy atom. The molecule has 1 heterocycles. The summed E-state index contributed by atoms with van der Waals surface area (Å²) in [7, 11) is 0. The Labute approximate surface area is 56.6 Å². The maximum atomic E-state index is 11.9. The second kappa shape index (κ2) is 1.67.